The smallest absolute Gasteiger partial charge is 0.269 e. The van der Waals surface area contributed by atoms with Crippen LogP contribution in [-0.2, 0) is 0 Å². The van der Waals surface area contributed by atoms with Gasteiger partial charge in [-0.05, 0) is 43.6 Å². The van der Waals surface area contributed by atoms with Gasteiger partial charge in [0.25, 0.3) is 5.91 Å². The summed E-state index contributed by atoms with van der Waals surface area (Å²) < 4.78 is 0. The molecule has 19 heavy (non-hydrogen) atoms. The van der Waals surface area contributed by atoms with Crippen LogP contribution in [0.1, 0.15) is 36.2 Å². The van der Waals surface area contributed by atoms with Crippen molar-refractivity contribution in [3.05, 3.63) is 35.4 Å². The Morgan fingerprint density at radius 1 is 1.21 bits per heavy atom. The van der Waals surface area contributed by atoms with Crippen molar-refractivity contribution in [1.29, 1.82) is 0 Å². The Hall–Kier alpha value is -1.62. The molecule has 0 bridgehead atoms. The molecule has 0 saturated heterocycles. The zero-order valence-corrected chi connectivity index (χ0v) is 12.4. The predicted octanol–water partition coefficient (Wildman–Crippen LogP) is 2.15. The molecule has 0 heterocycles. The summed E-state index contributed by atoms with van der Waals surface area (Å²) in [5.41, 5.74) is 6.97. The number of benzene rings is 1. The van der Waals surface area contributed by atoms with Gasteiger partial charge < -0.3 is 5.32 Å². The molecule has 0 aliphatic rings. The van der Waals surface area contributed by atoms with Crippen LogP contribution in [0.4, 0.5) is 0 Å². The SMILES string of the molecule is Cc1ccc(C(=O)NNC(=S)NCCC(C)C)cc1. The molecule has 0 radical (unpaired) electrons. The third kappa shape index (κ3) is 6.20. The summed E-state index contributed by atoms with van der Waals surface area (Å²) in [6.45, 7) is 7.08. The maximum atomic E-state index is 11.8. The molecule has 5 heteroatoms. The van der Waals surface area contributed by atoms with Crippen LogP contribution in [0.25, 0.3) is 0 Å². The number of nitrogens with one attached hydrogen (secondary N) is 3. The van der Waals surface area contributed by atoms with E-state index < -0.39 is 0 Å². The molecule has 1 aromatic rings. The highest BCUT2D eigenvalue weighted by Gasteiger charge is 2.04. The number of hydrogen-bond donors (Lipinski definition) is 3. The Balaban J connectivity index is 2.30. The molecule has 1 amide bonds. The molecule has 1 aromatic carbocycles. The number of thiocarbonyl (C=S) groups is 1. The average Bonchev–Trinajstić information content (AvgIpc) is 2.36. The van der Waals surface area contributed by atoms with E-state index in [2.05, 4.69) is 30.0 Å². The third-order valence-corrected chi connectivity index (χ3v) is 2.86. The van der Waals surface area contributed by atoms with Gasteiger partial charge in [0, 0.05) is 12.1 Å². The summed E-state index contributed by atoms with van der Waals surface area (Å²) in [6, 6.07) is 7.35. The third-order valence-electron chi connectivity index (χ3n) is 2.61. The van der Waals surface area contributed by atoms with Crippen molar-refractivity contribution in [2.24, 2.45) is 5.92 Å². The lowest BCUT2D eigenvalue weighted by atomic mass is 10.1. The molecular formula is C14H21N3OS. The minimum atomic E-state index is -0.201. The number of carbonyl (C=O) groups is 1. The lowest BCUT2D eigenvalue weighted by Crippen LogP contribution is -2.47. The summed E-state index contributed by atoms with van der Waals surface area (Å²) in [7, 11) is 0. The molecule has 0 saturated carbocycles. The Morgan fingerprint density at radius 3 is 2.42 bits per heavy atom. The van der Waals surface area contributed by atoms with Crippen molar-refractivity contribution >= 4 is 23.2 Å². The van der Waals surface area contributed by atoms with Crippen LogP contribution in [0.5, 0.6) is 0 Å². The molecule has 0 fully saturated rings. The van der Waals surface area contributed by atoms with Gasteiger partial charge in [0.1, 0.15) is 0 Å². The largest absolute Gasteiger partial charge is 0.361 e. The normalized spacial score (nSPS) is 10.1. The van der Waals surface area contributed by atoms with Crippen molar-refractivity contribution in [3.63, 3.8) is 0 Å². The van der Waals surface area contributed by atoms with E-state index in [-0.39, 0.29) is 5.91 Å². The van der Waals surface area contributed by atoms with E-state index in [1.165, 1.54) is 0 Å². The van der Waals surface area contributed by atoms with Crippen LogP contribution in [0.15, 0.2) is 24.3 Å². The number of aryl methyl sites for hydroxylation is 1. The summed E-state index contributed by atoms with van der Waals surface area (Å²) in [5.74, 6) is 0.422. The fourth-order valence-electron chi connectivity index (χ4n) is 1.41. The second kappa shape index (κ2) is 7.74. The number of hydrogen-bond acceptors (Lipinski definition) is 2. The summed E-state index contributed by atoms with van der Waals surface area (Å²) in [6.07, 6.45) is 1.04. The quantitative estimate of drug-likeness (QED) is 0.584. The van der Waals surface area contributed by atoms with Crippen LogP contribution < -0.4 is 16.2 Å². The number of carbonyl (C=O) groups excluding carboxylic acids is 1. The average molecular weight is 279 g/mol. The standard InChI is InChI=1S/C14H21N3OS/c1-10(2)8-9-15-14(19)17-16-13(18)12-6-4-11(3)5-7-12/h4-7,10H,8-9H2,1-3H3,(H,16,18)(H2,15,17,19). The van der Waals surface area contributed by atoms with Crippen molar-refractivity contribution in [2.75, 3.05) is 6.54 Å². The minimum Gasteiger partial charge on any atom is -0.361 e. The number of hydrazine groups is 1. The molecule has 0 spiro atoms. The first-order valence-corrected chi connectivity index (χ1v) is 6.80. The Kier molecular flexibility index (Phi) is 6.29. The second-order valence-corrected chi connectivity index (χ2v) is 5.29. The Labute approximate surface area is 119 Å². The van der Waals surface area contributed by atoms with Gasteiger partial charge in [-0.3, -0.25) is 15.6 Å². The molecule has 0 aromatic heterocycles. The van der Waals surface area contributed by atoms with Gasteiger partial charge in [0.15, 0.2) is 5.11 Å². The van der Waals surface area contributed by atoms with Gasteiger partial charge in [-0.1, -0.05) is 31.5 Å². The van der Waals surface area contributed by atoms with E-state index in [0.717, 1.165) is 18.5 Å². The fraction of sp³-hybridized carbons (Fsp3) is 0.429. The highest BCUT2D eigenvalue weighted by Crippen LogP contribution is 2.02. The first kappa shape index (κ1) is 15.4. The van der Waals surface area contributed by atoms with Crippen molar-refractivity contribution in [1.82, 2.24) is 16.2 Å². The first-order chi connectivity index (χ1) is 8.99. The van der Waals surface area contributed by atoms with Crippen molar-refractivity contribution in [2.45, 2.75) is 27.2 Å². The molecule has 104 valence electrons. The summed E-state index contributed by atoms with van der Waals surface area (Å²) in [4.78, 5) is 11.8. The number of rotatable bonds is 4. The topological polar surface area (TPSA) is 53.2 Å². The predicted molar refractivity (Wildman–Crippen MR) is 81.8 cm³/mol. The molecule has 0 atom stereocenters. The van der Waals surface area contributed by atoms with Crippen LogP contribution in [0.2, 0.25) is 0 Å². The first-order valence-electron chi connectivity index (χ1n) is 6.40. The molecule has 4 nitrogen and oxygen atoms in total. The molecular weight excluding hydrogens is 258 g/mol. The second-order valence-electron chi connectivity index (χ2n) is 4.88. The molecule has 1 rings (SSSR count). The zero-order valence-electron chi connectivity index (χ0n) is 11.6. The monoisotopic (exact) mass is 279 g/mol. The lowest BCUT2D eigenvalue weighted by Gasteiger charge is -2.12. The van der Waals surface area contributed by atoms with Crippen LogP contribution in [0, 0.1) is 12.8 Å². The highest BCUT2D eigenvalue weighted by molar-refractivity contribution is 7.80. The summed E-state index contributed by atoms with van der Waals surface area (Å²) in [5, 5.41) is 3.47. The van der Waals surface area contributed by atoms with E-state index in [1.54, 1.807) is 12.1 Å². The molecule has 0 unspecified atom stereocenters. The highest BCUT2D eigenvalue weighted by atomic mass is 32.1. The van der Waals surface area contributed by atoms with Crippen LogP contribution >= 0.6 is 12.2 Å². The number of amides is 1. The van der Waals surface area contributed by atoms with Gasteiger partial charge in [-0.2, -0.15) is 0 Å². The Bertz CT molecular complexity index is 429. The maximum absolute atomic E-state index is 11.8. The Morgan fingerprint density at radius 2 is 1.84 bits per heavy atom. The van der Waals surface area contributed by atoms with Gasteiger partial charge in [-0.25, -0.2) is 0 Å². The van der Waals surface area contributed by atoms with Gasteiger partial charge in [0.05, 0.1) is 0 Å². The minimum absolute atomic E-state index is 0.201. The van der Waals surface area contributed by atoms with Gasteiger partial charge in [-0.15, -0.1) is 0 Å². The van der Waals surface area contributed by atoms with Crippen LogP contribution in [0.3, 0.4) is 0 Å². The maximum Gasteiger partial charge on any atom is 0.269 e. The lowest BCUT2D eigenvalue weighted by molar-refractivity contribution is 0.0943. The zero-order chi connectivity index (χ0) is 14.3. The van der Waals surface area contributed by atoms with E-state index in [0.29, 0.717) is 16.6 Å². The molecule has 0 aliphatic heterocycles. The van der Waals surface area contributed by atoms with E-state index in [1.807, 2.05) is 19.1 Å². The molecule has 0 aliphatic carbocycles. The van der Waals surface area contributed by atoms with E-state index in [4.69, 9.17) is 12.2 Å². The van der Waals surface area contributed by atoms with E-state index in [9.17, 15) is 4.79 Å². The van der Waals surface area contributed by atoms with Gasteiger partial charge in [0.2, 0.25) is 0 Å². The van der Waals surface area contributed by atoms with Gasteiger partial charge >= 0.3 is 0 Å². The van der Waals surface area contributed by atoms with Crippen molar-refractivity contribution < 1.29 is 4.79 Å². The fourth-order valence-corrected chi connectivity index (χ4v) is 1.56. The molecule has 3 N–H and O–H groups in total. The van der Waals surface area contributed by atoms with Crippen molar-refractivity contribution in [3.8, 4) is 0 Å². The van der Waals surface area contributed by atoms with Crippen LogP contribution in [-0.4, -0.2) is 17.6 Å². The van der Waals surface area contributed by atoms with E-state index >= 15 is 0 Å². The summed E-state index contributed by atoms with van der Waals surface area (Å²) >= 11 is 5.06.